The molecule has 4 rings (SSSR count). The summed E-state index contributed by atoms with van der Waals surface area (Å²) in [6.07, 6.45) is 3.45. The molecule has 4 aromatic rings. The number of thiophene rings is 1. The fourth-order valence-corrected chi connectivity index (χ4v) is 3.51. The summed E-state index contributed by atoms with van der Waals surface area (Å²) in [5.41, 5.74) is 5.44. The lowest BCUT2D eigenvalue weighted by atomic mass is 10.0. The van der Waals surface area contributed by atoms with Crippen molar-refractivity contribution in [3.63, 3.8) is 0 Å². The number of carbonyl (C=O) groups excluding carboxylic acids is 1. The van der Waals surface area contributed by atoms with Gasteiger partial charge in [0.2, 0.25) is 0 Å². The summed E-state index contributed by atoms with van der Waals surface area (Å²) in [5.74, 6) is -0.101. The van der Waals surface area contributed by atoms with E-state index in [4.69, 9.17) is 4.98 Å². The van der Waals surface area contributed by atoms with Gasteiger partial charge in [0.1, 0.15) is 0 Å². The average Bonchev–Trinajstić information content (AvgIpc) is 3.21. The zero-order valence-corrected chi connectivity index (χ0v) is 15.1. The number of amides is 1. The smallest absolute Gasteiger partial charge is 0.252 e. The van der Waals surface area contributed by atoms with Gasteiger partial charge in [-0.3, -0.25) is 9.78 Å². The Morgan fingerprint density at radius 2 is 1.96 bits per heavy atom. The predicted octanol–water partition coefficient (Wildman–Crippen LogP) is 4.60. The Morgan fingerprint density at radius 1 is 1.12 bits per heavy atom. The van der Waals surface area contributed by atoms with Gasteiger partial charge >= 0.3 is 0 Å². The van der Waals surface area contributed by atoms with Crippen molar-refractivity contribution in [3.8, 4) is 11.3 Å². The van der Waals surface area contributed by atoms with Crippen LogP contribution < -0.4 is 5.32 Å². The molecule has 3 heterocycles. The lowest BCUT2D eigenvalue weighted by molar-refractivity contribution is 0.0952. The summed E-state index contributed by atoms with van der Waals surface area (Å²) in [4.78, 5) is 21.7. The van der Waals surface area contributed by atoms with Gasteiger partial charge in [-0.25, -0.2) is 4.98 Å². The number of fused-ring (bicyclic) bond motifs is 1. The van der Waals surface area contributed by atoms with Crippen LogP contribution in [-0.2, 0) is 6.54 Å². The number of carbonyl (C=O) groups is 1. The third-order valence-electron chi connectivity index (χ3n) is 4.23. The molecule has 0 aliphatic heterocycles. The molecule has 0 aliphatic carbocycles. The first-order chi connectivity index (χ1) is 12.7. The van der Waals surface area contributed by atoms with Crippen molar-refractivity contribution in [1.29, 1.82) is 0 Å². The van der Waals surface area contributed by atoms with Gasteiger partial charge < -0.3 is 5.32 Å². The monoisotopic (exact) mass is 359 g/mol. The third-order valence-corrected chi connectivity index (χ3v) is 4.91. The van der Waals surface area contributed by atoms with E-state index in [0.29, 0.717) is 12.1 Å². The van der Waals surface area contributed by atoms with Crippen molar-refractivity contribution >= 4 is 28.1 Å². The number of rotatable bonds is 4. The molecule has 128 valence electrons. The molecular formula is C21H17N3OS. The minimum Gasteiger partial charge on any atom is -0.348 e. The van der Waals surface area contributed by atoms with Gasteiger partial charge in [0.25, 0.3) is 5.91 Å². The molecule has 1 amide bonds. The highest BCUT2D eigenvalue weighted by Crippen LogP contribution is 2.27. The molecule has 3 aromatic heterocycles. The largest absolute Gasteiger partial charge is 0.348 e. The second-order valence-electron chi connectivity index (χ2n) is 6.13. The maximum absolute atomic E-state index is 12.9. The molecule has 5 heteroatoms. The fourth-order valence-electron chi connectivity index (χ4n) is 2.86. The Hall–Kier alpha value is -3.05. The van der Waals surface area contributed by atoms with Crippen LogP contribution in [-0.4, -0.2) is 15.9 Å². The van der Waals surface area contributed by atoms with Crippen molar-refractivity contribution in [1.82, 2.24) is 15.3 Å². The van der Waals surface area contributed by atoms with Gasteiger partial charge in [0.05, 0.1) is 16.8 Å². The number of benzene rings is 1. The molecular weight excluding hydrogens is 342 g/mol. The minimum absolute atomic E-state index is 0.101. The SMILES string of the molecule is Cc1ccc2nc(-c3ccsc3)cc(C(=O)NCc3ccncc3)c2c1. The molecule has 0 radical (unpaired) electrons. The molecule has 0 atom stereocenters. The van der Waals surface area contributed by atoms with Gasteiger partial charge in [-0.1, -0.05) is 11.6 Å². The highest BCUT2D eigenvalue weighted by atomic mass is 32.1. The predicted molar refractivity (Wildman–Crippen MR) is 105 cm³/mol. The van der Waals surface area contributed by atoms with E-state index in [0.717, 1.165) is 33.3 Å². The molecule has 0 saturated heterocycles. The van der Waals surface area contributed by atoms with Crippen LogP contribution in [0.5, 0.6) is 0 Å². The van der Waals surface area contributed by atoms with Crippen LogP contribution in [0.25, 0.3) is 22.2 Å². The number of hydrogen-bond acceptors (Lipinski definition) is 4. The Kier molecular flexibility index (Phi) is 4.46. The second kappa shape index (κ2) is 7.06. The molecule has 0 spiro atoms. The van der Waals surface area contributed by atoms with Gasteiger partial charge in [-0.2, -0.15) is 11.3 Å². The number of aryl methyl sites for hydroxylation is 1. The van der Waals surface area contributed by atoms with Crippen molar-refractivity contribution in [2.45, 2.75) is 13.5 Å². The Bertz CT molecular complexity index is 1060. The summed E-state index contributed by atoms with van der Waals surface area (Å²) < 4.78 is 0. The lowest BCUT2D eigenvalue weighted by Gasteiger charge is -2.11. The molecule has 0 saturated carbocycles. The molecule has 26 heavy (non-hydrogen) atoms. The highest BCUT2D eigenvalue weighted by molar-refractivity contribution is 7.08. The van der Waals surface area contributed by atoms with Crippen LogP contribution in [0.1, 0.15) is 21.5 Å². The quantitative estimate of drug-likeness (QED) is 0.579. The molecule has 1 N–H and O–H groups in total. The first-order valence-electron chi connectivity index (χ1n) is 8.32. The number of aromatic nitrogens is 2. The van der Waals surface area contributed by atoms with E-state index in [1.807, 2.05) is 60.1 Å². The number of hydrogen-bond donors (Lipinski definition) is 1. The third kappa shape index (κ3) is 3.34. The maximum Gasteiger partial charge on any atom is 0.252 e. The van der Waals surface area contributed by atoms with Gasteiger partial charge in [-0.15, -0.1) is 0 Å². The summed E-state index contributed by atoms with van der Waals surface area (Å²) in [7, 11) is 0. The van der Waals surface area contributed by atoms with E-state index in [-0.39, 0.29) is 5.91 Å². The molecule has 1 aromatic carbocycles. The van der Waals surface area contributed by atoms with Crippen LogP contribution in [0.4, 0.5) is 0 Å². The molecule has 4 nitrogen and oxygen atoms in total. The Balaban J connectivity index is 1.74. The number of nitrogens with zero attached hydrogens (tertiary/aromatic N) is 2. The average molecular weight is 359 g/mol. The first-order valence-corrected chi connectivity index (χ1v) is 9.26. The topological polar surface area (TPSA) is 54.9 Å². The summed E-state index contributed by atoms with van der Waals surface area (Å²) in [6, 6.07) is 13.7. The van der Waals surface area contributed by atoms with Crippen LogP contribution in [0, 0.1) is 6.92 Å². The van der Waals surface area contributed by atoms with Crippen LogP contribution in [0.3, 0.4) is 0 Å². The maximum atomic E-state index is 12.9. The Morgan fingerprint density at radius 3 is 2.73 bits per heavy atom. The summed E-state index contributed by atoms with van der Waals surface area (Å²) in [5, 5.41) is 7.94. The van der Waals surface area contributed by atoms with E-state index >= 15 is 0 Å². The van der Waals surface area contributed by atoms with E-state index in [9.17, 15) is 4.79 Å². The first kappa shape index (κ1) is 16.4. The van der Waals surface area contributed by atoms with Gasteiger partial charge in [0.15, 0.2) is 0 Å². The lowest BCUT2D eigenvalue weighted by Crippen LogP contribution is -2.23. The minimum atomic E-state index is -0.101. The van der Waals surface area contributed by atoms with Crippen molar-refractivity contribution < 1.29 is 4.79 Å². The zero-order chi connectivity index (χ0) is 17.9. The summed E-state index contributed by atoms with van der Waals surface area (Å²) >= 11 is 1.62. The molecule has 0 aliphatic rings. The van der Waals surface area contributed by atoms with E-state index in [1.165, 1.54) is 0 Å². The van der Waals surface area contributed by atoms with Gasteiger partial charge in [0, 0.05) is 35.3 Å². The van der Waals surface area contributed by atoms with Crippen molar-refractivity contribution in [2.75, 3.05) is 0 Å². The van der Waals surface area contributed by atoms with Crippen LogP contribution in [0.2, 0.25) is 0 Å². The second-order valence-corrected chi connectivity index (χ2v) is 6.91. The zero-order valence-electron chi connectivity index (χ0n) is 14.3. The Labute approximate surface area is 155 Å². The number of pyridine rings is 2. The summed E-state index contributed by atoms with van der Waals surface area (Å²) in [6.45, 7) is 2.48. The van der Waals surface area contributed by atoms with E-state index in [1.54, 1.807) is 23.7 Å². The number of nitrogens with one attached hydrogen (secondary N) is 1. The van der Waals surface area contributed by atoms with E-state index in [2.05, 4.69) is 10.3 Å². The van der Waals surface area contributed by atoms with Crippen molar-refractivity contribution in [3.05, 3.63) is 82.3 Å². The van der Waals surface area contributed by atoms with Crippen molar-refractivity contribution in [2.24, 2.45) is 0 Å². The highest BCUT2D eigenvalue weighted by Gasteiger charge is 2.14. The fraction of sp³-hybridized carbons (Fsp3) is 0.0952. The van der Waals surface area contributed by atoms with Crippen LogP contribution in [0.15, 0.2) is 65.6 Å². The van der Waals surface area contributed by atoms with Gasteiger partial charge in [-0.05, 0) is 54.3 Å². The van der Waals surface area contributed by atoms with E-state index < -0.39 is 0 Å². The normalized spacial score (nSPS) is 10.8. The molecule has 0 unspecified atom stereocenters. The standard InChI is InChI=1S/C21H17N3OS/c1-14-2-3-19-17(10-14)18(11-20(24-19)16-6-9-26-13-16)21(25)23-12-15-4-7-22-8-5-15/h2-11,13H,12H2,1H3,(H,23,25). The van der Waals surface area contributed by atoms with Crippen LogP contribution >= 0.6 is 11.3 Å². The molecule has 0 fully saturated rings. The molecule has 0 bridgehead atoms.